The first-order valence-electron chi connectivity index (χ1n) is 22.3. The highest BCUT2D eigenvalue weighted by atomic mass is 31.2. The summed E-state index contributed by atoms with van der Waals surface area (Å²) in [5.74, 6) is 1.93. The molecule has 9 aromatic rings. The summed E-state index contributed by atoms with van der Waals surface area (Å²) in [6, 6.07) is 73.1. The zero-order valence-corrected chi connectivity index (χ0v) is 37.3. The molecule has 0 saturated heterocycles. The van der Waals surface area contributed by atoms with Gasteiger partial charge in [0.25, 0.3) is 0 Å². The van der Waals surface area contributed by atoms with Crippen molar-refractivity contribution in [3.63, 3.8) is 0 Å². The second-order valence-electron chi connectivity index (χ2n) is 17.5. The molecular formula is C59H50N3OP. The van der Waals surface area contributed by atoms with Crippen LogP contribution in [0.4, 0.5) is 0 Å². The summed E-state index contributed by atoms with van der Waals surface area (Å²) < 4.78 is 12.6. The Morgan fingerprint density at radius 1 is 0.328 bits per heavy atom. The highest BCUT2D eigenvalue weighted by Gasteiger charge is 2.35. The fraction of sp³-hybridized carbons (Fsp3) is 0.136. The molecule has 1 fully saturated rings. The van der Waals surface area contributed by atoms with Crippen LogP contribution in [-0.2, 0) is 9.98 Å². The topological polar surface area (TPSA) is 55.7 Å². The molecule has 8 aromatic carbocycles. The first-order chi connectivity index (χ1) is 31.3. The highest BCUT2D eigenvalue weighted by molar-refractivity contribution is 7.70. The molecule has 4 nitrogen and oxygen atoms in total. The van der Waals surface area contributed by atoms with Crippen molar-refractivity contribution >= 4 is 12.4 Å². The molecule has 312 valence electrons. The molecule has 0 aliphatic heterocycles. The summed E-state index contributed by atoms with van der Waals surface area (Å²) in [5.41, 5.74) is 14.8. The quantitative estimate of drug-likeness (QED) is 0.129. The summed E-state index contributed by atoms with van der Waals surface area (Å²) in [5, 5.41) is 0.912. The predicted octanol–water partition coefficient (Wildman–Crippen LogP) is 15.0. The van der Waals surface area contributed by atoms with Crippen molar-refractivity contribution in [1.29, 1.82) is 0 Å². The molecule has 5 heteroatoms. The molecule has 0 radical (unpaired) electrons. The fourth-order valence-corrected chi connectivity index (χ4v) is 10.2. The van der Waals surface area contributed by atoms with Crippen molar-refractivity contribution in [2.75, 3.05) is 13.3 Å². The summed E-state index contributed by atoms with van der Waals surface area (Å²) in [4.78, 5) is 15.4. The van der Waals surface area contributed by atoms with Crippen LogP contribution in [0.1, 0.15) is 43.2 Å². The van der Waals surface area contributed by atoms with E-state index in [-0.39, 0.29) is 5.41 Å². The van der Waals surface area contributed by atoms with Crippen molar-refractivity contribution in [3.8, 4) is 78.7 Å². The van der Waals surface area contributed by atoms with Gasteiger partial charge < -0.3 is 4.57 Å². The Morgan fingerprint density at radius 2 is 0.594 bits per heavy atom. The number of nitrogens with zero attached hydrogens (tertiary/aromatic N) is 3. The van der Waals surface area contributed by atoms with Crippen LogP contribution < -0.4 is 5.30 Å². The van der Waals surface area contributed by atoms with Gasteiger partial charge in [0.05, 0.1) is 0 Å². The lowest BCUT2D eigenvalue weighted by Gasteiger charge is -2.39. The lowest BCUT2D eigenvalue weighted by atomic mass is 9.65. The molecule has 1 saturated carbocycles. The van der Waals surface area contributed by atoms with Crippen LogP contribution in [0.25, 0.3) is 78.7 Å². The van der Waals surface area contributed by atoms with E-state index in [2.05, 4.69) is 182 Å². The highest BCUT2D eigenvalue weighted by Crippen LogP contribution is 2.46. The van der Waals surface area contributed by atoms with Gasteiger partial charge >= 0.3 is 0 Å². The van der Waals surface area contributed by atoms with Crippen molar-refractivity contribution in [1.82, 2.24) is 15.0 Å². The standard InChI is InChI=1S/C59H50N3OP/c1-64(2,63)55-38-32-49(33-39-55)48-28-34-53(35-29-48)59(40-10-5-11-41-59)54-36-30-52(31-37-54)58-61-56(50-24-20-45(21-25-50)43-14-8-4-9-15-43)60-57(62-58)51-26-22-47(23-27-51)46-18-16-44(17-19-46)42-12-6-3-7-13-42/h3-4,6-9,12-39H,5,10-11,40-41H2,1-2H3. The second-order valence-corrected chi connectivity index (χ2v) is 20.7. The maximum absolute atomic E-state index is 12.6. The molecule has 10 rings (SSSR count). The van der Waals surface area contributed by atoms with Crippen LogP contribution >= 0.6 is 7.14 Å². The van der Waals surface area contributed by atoms with E-state index in [4.69, 9.17) is 15.0 Å². The minimum atomic E-state index is -2.30. The Hall–Kier alpha value is -7.00. The van der Waals surface area contributed by atoms with Crippen LogP contribution in [0.15, 0.2) is 206 Å². The van der Waals surface area contributed by atoms with E-state index in [1.165, 1.54) is 52.6 Å². The molecular weight excluding hydrogens is 798 g/mol. The van der Waals surface area contributed by atoms with Gasteiger partial charge in [-0.3, -0.25) is 0 Å². The van der Waals surface area contributed by atoms with Gasteiger partial charge in [0.2, 0.25) is 0 Å². The molecule has 0 atom stereocenters. The van der Waals surface area contributed by atoms with Crippen molar-refractivity contribution in [2.24, 2.45) is 0 Å². The van der Waals surface area contributed by atoms with Gasteiger partial charge in [0.1, 0.15) is 7.14 Å². The summed E-state index contributed by atoms with van der Waals surface area (Å²) in [6.07, 6.45) is 5.86. The molecule has 0 spiro atoms. The zero-order chi connectivity index (χ0) is 43.5. The number of rotatable bonds is 10. The van der Waals surface area contributed by atoms with Crippen molar-refractivity contribution in [2.45, 2.75) is 37.5 Å². The van der Waals surface area contributed by atoms with Gasteiger partial charge in [-0.05, 0) is 81.8 Å². The summed E-state index contributed by atoms with van der Waals surface area (Å²) in [7, 11) is -2.30. The molecule has 64 heavy (non-hydrogen) atoms. The minimum Gasteiger partial charge on any atom is -0.319 e. The monoisotopic (exact) mass is 847 g/mol. The molecule has 1 heterocycles. The van der Waals surface area contributed by atoms with Gasteiger partial charge in [0, 0.05) is 27.4 Å². The Labute approximate surface area is 377 Å². The maximum atomic E-state index is 12.6. The predicted molar refractivity (Wildman–Crippen MR) is 267 cm³/mol. The van der Waals surface area contributed by atoms with Crippen molar-refractivity contribution < 1.29 is 4.57 Å². The Bertz CT molecular complexity index is 3050. The number of hydrogen-bond acceptors (Lipinski definition) is 4. The maximum Gasteiger partial charge on any atom is 0.164 e. The van der Waals surface area contributed by atoms with E-state index in [0.29, 0.717) is 17.5 Å². The first kappa shape index (κ1) is 41.0. The molecule has 1 aliphatic carbocycles. The lowest BCUT2D eigenvalue weighted by Crippen LogP contribution is -2.30. The van der Waals surface area contributed by atoms with E-state index in [9.17, 15) is 4.57 Å². The Kier molecular flexibility index (Phi) is 11.3. The van der Waals surface area contributed by atoms with E-state index in [1.807, 2.05) is 37.6 Å². The van der Waals surface area contributed by atoms with Gasteiger partial charge in [-0.15, -0.1) is 0 Å². The smallest absolute Gasteiger partial charge is 0.164 e. The first-order valence-corrected chi connectivity index (χ1v) is 25.0. The number of hydrogen-bond donors (Lipinski definition) is 0. The largest absolute Gasteiger partial charge is 0.319 e. The number of benzene rings is 8. The summed E-state index contributed by atoms with van der Waals surface area (Å²) in [6.45, 7) is 3.65. The molecule has 0 bridgehead atoms. The third-order valence-electron chi connectivity index (χ3n) is 13.0. The van der Waals surface area contributed by atoms with Crippen LogP contribution in [0, 0.1) is 0 Å². The molecule has 0 amide bonds. The molecule has 0 N–H and O–H groups in total. The van der Waals surface area contributed by atoms with Gasteiger partial charge in [0.15, 0.2) is 17.5 Å². The third-order valence-corrected chi connectivity index (χ3v) is 14.6. The second kappa shape index (κ2) is 17.6. The van der Waals surface area contributed by atoms with Crippen LogP contribution in [-0.4, -0.2) is 28.3 Å². The Balaban J connectivity index is 0.975. The van der Waals surface area contributed by atoms with Crippen LogP contribution in [0.2, 0.25) is 0 Å². The Morgan fingerprint density at radius 3 is 0.922 bits per heavy atom. The average Bonchev–Trinajstić information content (AvgIpc) is 3.37. The summed E-state index contributed by atoms with van der Waals surface area (Å²) >= 11 is 0. The zero-order valence-electron chi connectivity index (χ0n) is 36.4. The fourth-order valence-electron chi connectivity index (χ4n) is 9.34. The average molecular weight is 848 g/mol. The van der Waals surface area contributed by atoms with E-state index in [0.717, 1.165) is 57.1 Å². The molecule has 1 aliphatic rings. The minimum absolute atomic E-state index is 0.0736. The van der Waals surface area contributed by atoms with Crippen LogP contribution in [0.3, 0.4) is 0 Å². The normalized spacial score (nSPS) is 13.7. The van der Waals surface area contributed by atoms with Crippen LogP contribution in [0.5, 0.6) is 0 Å². The molecule has 0 unspecified atom stereocenters. The van der Waals surface area contributed by atoms with E-state index in [1.54, 1.807) is 0 Å². The third kappa shape index (κ3) is 8.54. The lowest BCUT2D eigenvalue weighted by molar-refractivity contribution is 0.346. The van der Waals surface area contributed by atoms with Crippen molar-refractivity contribution in [3.05, 3.63) is 217 Å². The van der Waals surface area contributed by atoms with Gasteiger partial charge in [-0.25, -0.2) is 15.0 Å². The van der Waals surface area contributed by atoms with Gasteiger partial charge in [-0.1, -0.05) is 226 Å². The number of aromatic nitrogens is 3. The SMILES string of the molecule is CP(C)(=O)c1ccc(-c2ccc(C3(c4ccc(-c5nc(-c6ccc(-c7ccccc7)cc6)nc(-c6ccc(-c7ccc(-c8ccccc8)cc7)cc6)n5)cc4)CCCCC3)cc2)cc1. The van der Waals surface area contributed by atoms with E-state index < -0.39 is 7.14 Å². The molecule has 1 aromatic heterocycles. The van der Waals surface area contributed by atoms with E-state index >= 15 is 0 Å². The van der Waals surface area contributed by atoms with Gasteiger partial charge in [-0.2, -0.15) is 0 Å².